The van der Waals surface area contributed by atoms with Crippen LogP contribution in [0.3, 0.4) is 0 Å². The van der Waals surface area contributed by atoms with E-state index in [1.54, 1.807) is 58.0 Å². The van der Waals surface area contributed by atoms with Crippen LogP contribution in [0.5, 0.6) is 5.75 Å². The number of aromatic amines is 1. The fraction of sp³-hybridized carbons (Fsp3) is 0.250. The van der Waals surface area contributed by atoms with E-state index in [4.69, 9.17) is 4.74 Å². The minimum Gasteiger partial charge on any atom is -0.485 e. The number of hydrogen-bond donors (Lipinski definition) is 2. The molecule has 0 aliphatic carbocycles. The zero-order valence-electron chi connectivity index (χ0n) is 20.9. The summed E-state index contributed by atoms with van der Waals surface area (Å²) in [7, 11) is 0. The van der Waals surface area contributed by atoms with Gasteiger partial charge in [0.25, 0.3) is 5.91 Å². The van der Waals surface area contributed by atoms with Gasteiger partial charge in [0.05, 0.1) is 34.8 Å². The number of hydrogen-bond acceptors (Lipinski definition) is 4. The number of rotatable bonds is 6. The summed E-state index contributed by atoms with van der Waals surface area (Å²) in [6.07, 6.45) is -0.388. The van der Waals surface area contributed by atoms with Crippen LogP contribution in [0.2, 0.25) is 0 Å². The first-order chi connectivity index (χ1) is 17.5. The number of nitrogens with zero attached hydrogens (tertiary/aromatic N) is 2. The van der Waals surface area contributed by atoms with E-state index in [0.29, 0.717) is 27.8 Å². The summed E-state index contributed by atoms with van der Waals surface area (Å²) >= 11 is 0. The highest BCUT2D eigenvalue weighted by atomic mass is 19.1. The number of ether oxygens (including phenoxy) is 1. The molecule has 0 bridgehead atoms. The van der Waals surface area contributed by atoms with E-state index in [1.165, 1.54) is 17.0 Å². The first-order valence-electron chi connectivity index (χ1n) is 11.9. The lowest BCUT2D eigenvalue weighted by Gasteiger charge is -2.21. The second-order valence-electron chi connectivity index (χ2n) is 9.86. The average Bonchev–Trinajstić information content (AvgIpc) is 3.32. The third-order valence-electron chi connectivity index (χ3n) is 6.36. The van der Waals surface area contributed by atoms with Crippen molar-refractivity contribution in [1.82, 2.24) is 9.97 Å². The van der Waals surface area contributed by atoms with Crippen LogP contribution in [-0.2, 0) is 16.8 Å². The molecule has 1 aliphatic heterocycles. The average molecular weight is 505 g/mol. The summed E-state index contributed by atoms with van der Waals surface area (Å²) in [6.45, 7) is 6.94. The van der Waals surface area contributed by atoms with Gasteiger partial charge in [-0.1, -0.05) is 18.2 Å². The van der Waals surface area contributed by atoms with Gasteiger partial charge in [-0.3, -0.25) is 14.9 Å². The van der Waals surface area contributed by atoms with Crippen LogP contribution in [0.25, 0.3) is 11.0 Å². The first-order valence-corrected chi connectivity index (χ1v) is 11.9. The largest absolute Gasteiger partial charge is 0.485 e. The Kier molecular flexibility index (Phi) is 5.94. The van der Waals surface area contributed by atoms with Gasteiger partial charge >= 0.3 is 0 Å². The molecule has 2 N–H and O–H groups in total. The molecule has 0 spiro atoms. The fourth-order valence-electron chi connectivity index (χ4n) is 4.55. The molecular formula is C28H26F2N4O3. The molecule has 0 saturated heterocycles. The summed E-state index contributed by atoms with van der Waals surface area (Å²) in [5.41, 5.74) is 2.44. The van der Waals surface area contributed by atoms with Gasteiger partial charge < -0.3 is 14.6 Å². The predicted molar refractivity (Wildman–Crippen MR) is 137 cm³/mol. The van der Waals surface area contributed by atoms with Crippen molar-refractivity contribution in [3.8, 4) is 5.75 Å². The minimum absolute atomic E-state index is 0.0292. The molecule has 0 unspecified atom stereocenters. The summed E-state index contributed by atoms with van der Waals surface area (Å²) in [6, 6.07) is 14.7. The Morgan fingerprint density at radius 1 is 1.11 bits per heavy atom. The number of anilines is 2. The van der Waals surface area contributed by atoms with Crippen molar-refractivity contribution in [3.05, 3.63) is 82.9 Å². The maximum Gasteiger partial charge on any atom is 0.257 e. The Hall–Kier alpha value is -4.27. The zero-order valence-corrected chi connectivity index (χ0v) is 20.9. The van der Waals surface area contributed by atoms with Crippen LogP contribution in [-0.4, -0.2) is 27.9 Å². The SMILES string of the molecule is CC(C)Oc1c(F)cc(CN2C(=O)C(C)(C)c3cc4[nH]c(NC(=O)c5ccccc5)nc4cc32)cc1F. The van der Waals surface area contributed by atoms with Crippen molar-refractivity contribution < 1.29 is 23.1 Å². The summed E-state index contributed by atoms with van der Waals surface area (Å²) in [5, 5.41) is 2.75. The molecule has 37 heavy (non-hydrogen) atoms. The Bertz CT molecular complexity index is 1510. The molecule has 7 nitrogen and oxygen atoms in total. The van der Waals surface area contributed by atoms with E-state index in [2.05, 4.69) is 15.3 Å². The first kappa shape index (κ1) is 24.4. The van der Waals surface area contributed by atoms with Crippen molar-refractivity contribution in [3.63, 3.8) is 0 Å². The van der Waals surface area contributed by atoms with Gasteiger partial charge in [-0.2, -0.15) is 0 Å². The molecule has 5 rings (SSSR count). The Labute approximate surface area is 212 Å². The highest BCUT2D eigenvalue weighted by molar-refractivity contribution is 6.10. The second kappa shape index (κ2) is 8.99. The molecule has 1 aliphatic rings. The van der Waals surface area contributed by atoms with Gasteiger partial charge in [0, 0.05) is 5.56 Å². The van der Waals surface area contributed by atoms with Crippen LogP contribution in [0.4, 0.5) is 20.4 Å². The Morgan fingerprint density at radius 2 is 1.78 bits per heavy atom. The standard InChI is InChI=1S/C28H26F2N4O3/c1-15(2)37-24-19(29)10-16(11-20(24)30)14-34-23-13-22-21(12-18(23)28(3,4)26(34)36)31-27(32-22)33-25(35)17-8-6-5-7-9-17/h5-13,15H,14H2,1-4H3,(H2,31,32,33,35). The van der Waals surface area contributed by atoms with Gasteiger partial charge in [-0.15, -0.1) is 0 Å². The third-order valence-corrected chi connectivity index (χ3v) is 6.36. The molecule has 0 saturated carbocycles. The van der Waals surface area contributed by atoms with Crippen LogP contribution < -0.4 is 15.0 Å². The van der Waals surface area contributed by atoms with E-state index in [-0.39, 0.29) is 30.4 Å². The van der Waals surface area contributed by atoms with E-state index in [9.17, 15) is 18.4 Å². The Balaban J connectivity index is 1.47. The van der Waals surface area contributed by atoms with E-state index < -0.39 is 22.8 Å². The molecule has 9 heteroatoms. The third kappa shape index (κ3) is 4.41. The van der Waals surface area contributed by atoms with Crippen molar-refractivity contribution in [2.45, 2.75) is 45.8 Å². The zero-order chi connectivity index (χ0) is 26.5. The molecule has 0 fully saturated rings. The topological polar surface area (TPSA) is 87.3 Å². The van der Waals surface area contributed by atoms with Gasteiger partial charge in [0.1, 0.15) is 0 Å². The molecule has 2 heterocycles. The highest BCUT2D eigenvalue weighted by Gasteiger charge is 2.44. The monoisotopic (exact) mass is 504 g/mol. The van der Waals surface area contributed by atoms with Crippen molar-refractivity contribution in [1.29, 1.82) is 0 Å². The molecule has 3 aromatic carbocycles. The van der Waals surface area contributed by atoms with E-state index >= 15 is 0 Å². The summed E-state index contributed by atoms with van der Waals surface area (Å²) in [4.78, 5) is 35.0. The molecule has 0 radical (unpaired) electrons. The molecule has 4 aromatic rings. The van der Waals surface area contributed by atoms with Crippen LogP contribution in [0.15, 0.2) is 54.6 Å². The molecular weight excluding hydrogens is 478 g/mol. The van der Waals surface area contributed by atoms with Crippen molar-refractivity contribution >= 4 is 34.5 Å². The normalized spacial score (nSPS) is 14.4. The minimum atomic E-state index is -0.875. The number of carbonyl (C=O) groups excluding carboxylic acids is 2. The lowest BCUT2D eigenvalue weighted by molar-refractivity contribution is -0.122. The van der Waals surface area contributed by atoms with Crippen LogP contribution >= 0.6 is 0 Å². The van der Waals surface area contributed by atoms with Crippen LogP contribution in [0.1, 0.15) is 49.2 Å². The van der Waals surface area contributed by atoms with Crippen molar-refractivity contribution in [2.75, 3.05) is 10.2 Å². The Morgan fingerprint density at radius 3 is 2.43 bits per heavy atom. The fourth-order valence-corrected chi connectivity index (χ4v) is 4.55. The maximum absolute atomic E-state index is 14.6. The number of nitrogens with one attached hydrogen (secondary N) is 2. The highest BCUT2D eigenvalue weighted by Crippen LogP contribution is 2.44. The lowest BCUT2D eigenvalue weighted by atomic mass is 9.86. The summed E-state index contributed by atoms with van der Waals surface area (Å²) < 4.78 is 34.5. The molecule has 2 amide bonds. The molecule has 190 valence electrons. The number of imidazole rings is 1. The predicted octanol–water partition coefficient (Wildman–Crippen LogP) is 5.71. The number of halogens is 2. The number of carbonyl (C=O) groups is 2. The number of aromatic nitrogens is 2. The number of amides is 2. The van der Waals surface area contributed by atoms with Gasteiger partial charge in [-0.25, -0.2) is 13.8 Å². The van der Waals surface area contributed by atoms with E-state index in [1.807, 2.05) is 12.1 Å². The maximum atomic E-state index is 14.6. The van der Waals surface area contributed by atoms with Gasteiger partial charge in [-0.05, 0) is 75.2 Å². The van der Waals surface area contributed by atoms with E-state index in [0.717, 1.165) is 5.56 Å². The number of H-pyrrole nitrogens is 1. The van der Waals surface area contributed by atoms with Crippen molar-refractivity contribution in [2.24, 2.45) is 0 Å². The second-order valence-corrected chi connectivity index (χ2v) is 9.86. The smallest absolute Gasteiger partial charge is 0.257 e. The van der Waals surface area contributed by atoms with Crippen LogP contribution in [0, 0.1) is 11.6 Å². The van der Waals surface area contributed by atoms with Gasteiger partial charge in [0.15, 0.2) is 17.4 Å². The molecule has 1 aromatic heterocycles. The number of benzene rings is 3. The van der Waals surface area contributed by atoms with Gasteiger partial charge in [0.2, 0.25) is 11.9 Å². The quantitative estimate of drug-likeness (QED) is 0.352. The number of fused-ring (bicyclic) bond motifs is 2. The summed E-state index contributed by atoms with van der Waals surface area (Å²) in [5.74, 6) is -2.31. The lowest BCUT2D eigenvalue weighted by Crippen LogP contribution is -2.35. The molecule has 0 atom stereocenters.